The van der Waals surface area contributed by atoms with E-state index in [0.717, 1.165) is 5.52 Å². The van der Waals surface area contributed by atoms with Crippen molar-refractivity contribution in [2.24, 2.45) is 5.41 Å². The van der Waals surface area contributed by atoms with Crippen LogP contribution in [0.1, 0.15) is 50.7 Å². The van der Waals surface area contributed by atoms with Crippen LogP contribution in [-0.4, -0.2) is 4.98 Å². The van der Waals surface area contributed by atoms with E-state index in [2.05, 4.69) is 56.1 Å². The minimum absolute atomic E-state index is 0.334. The molecular formula is C21H21N. The maximum atomic E-state index is 4.65. The number of nitrogens with zero attached hydrogens (tertiary/aromatic N) is 1. The first-order valence-corrected chi connectivity index (χ1v) is 8.35. The van der Waals surface area contributed by atoms with Crippen molar-refractivity contribution >= 4 is 21.7 Å². The lowest BCUT2D eigenvalue weighted by Crippen LogP contribution is -2.31. The van der Waals surface area contributed by atoms with Gasteiger partial charge in [0.2, 0.25) is 0 Å². The summed E-state index contributed by atoms with van der Waals surface area (Å²) >= 11 is 0. The number of pyridine rings is 1. The van der Waals surface area contributed by atoms with Crippen LogP contribution < -0.4 is 0 Å². The van der Waals surface area contributed by atoms with Gasteiger partial charge in [0.15, 0.2) is 0 Å². The summed E-state index contributed by atoms with van der Waals surface area (Å²) in [6.07, 6.45) is 4.57. The second kappa shape index (κ2) is 3.71. The van der Waals surface area contributed by atoms with Crippen molar-refractivity contribution in [3.63, 3.8) is 0 Å². The van der Waals surface area contributed by atoms with Crippen LogP contribution >= 0.6 is 0 Å². The number of benzene rings is 2. The zero-order valence-corrected chi connectivity index (χ0v) is 13.5. The lowest BCUT2D eigenvalue weighted by molar-refractivity contribution is 0.231. The van der Waals surface area contributed by atoms with Crippen LogP contribution in [0.15, 0.2) is 42.6 Å². The molecule has 1 heteroatoms. The van der Waals surface area contributed by atoms with Gasteiger partial charge in [0, 0.05) is 17.0 Å². The Hall–Kier alpha value is -1.89. The molecule has 0 unspecified atom stereocenters. The minimum Gasteiger partial charge on any atom is -0.256 e. The molecule has 110 valence electrons. The van der Waals surface area contributed by atoms with E-state index in [1.807, 2.05) is 12.3 Å². The summed E-state index contributed by atoms with van der Waals surface area (Å²) in [4.78, 5) is 4.65. The highest BCUT2D eigenvalue weighted by molar-refractivity contribution is 6.07. The highest BCUT2D eigenvalue weighted by Crippen LogP contribution is 2.68. The first-order valence-electron chi connectivity index (χ1n) is 8.35. The summed E-state index contributed by atoms with van der Waals surface area (Å²) in [5.74, 6) is 0.692. The van der Waals surface area contributed by atoms with E-state index in [1.165, 1.54) is 29.0 Å². The Kier molecular flexibility index (Phi) is 2.13. The molecule has 2 aliphatic carbocycles. The summed E-state index contributed by atoms with van der Waals surface area (Å²) in [6, 6.07) is 13.5. The monoisotopic (exact) mass is 287 g/mol. The molecule has 3 aromatic rings. The molecule has 1 heterocycles. The quantitative estimate of drug-likeness (QED) is 0.493. The van der Waals surface area contributed by atoms with Gasteiger partial charge >= 0.3 is 0 Å². The van der Waals surface area contributed by atoms with Gasteiger partial charge in [-0.2, -0.15) is 0 Å². The zero-order valence-electron chi connectivity index (χ0n) is 13.5. The normalized spacial score (nSPS) is 28.4. The van der Waals surface area contributed by atoms with Crippen molar-refractivity contribution in [3.05, 3.63) is 53.7 Å². The van der Waals surface area contributed by atoms with Crippen LogP contribution in [0.25, 0.3) is 21.7 Å². The smallest absolute Gasteiger partial charge is 0.0780 e. The van der Waals surface area contributed by atoms with Gasteiger partial charge in [-0.05, 0) is 52.2 Å². The van der Waals surface area contributed by atoms with Gasteiger partial charge in [-0.15, -0.1) is 0 Å². The maximum absolute atomic E-state index is 4.65. The first kappa shape index (κ1) is 12.6. The Morgan fingerprint density at radius 2 is 1.82 bits per heavy atom. The van der Waals surface area contributed by atoms with E-state index in [0.29, 0.717) is 16.7 Å². The Morgan fingerprint density at radius 1 is 1.00 bits per heavy atom. The van der Waals surface area contributed by atoms with Crippen molar-refractivity contribution in [1.82, 2.24) is 4.98 Å². The number of hydrogen-bond acceptors (Lipinski definition) is 1. The molecule has 0 radical (unpaired) electrons. The molecule has 22 heavy (non-hydrogen) atoms. The molecule has 2 atom stereocenters. The summed E-state index contributed by atoms with van der Waals surface area (Å²) in [7, 11) is 0. The average molecular weight is 287 g/mol. The molecule has 5 rings (SSSR count). The van der Waals surface area contributed by atoms with E-state index < -0.39 is 0 Å². The molecule has 1 nitrogen and oxygen atoms in total. The summed E-state index contributed by atoms with van der Waals surface area (Å²) in [5, 5.41) is 4.00. The summed E-state index contributed by atoms with van der Waals surface area (Å²) in [5.41, 5.74) is 5.05. The van der Waals surface area contributed by atoms with Crippen molar-refractivity contribution in [1.29, 1.82) is 0 Å². The second-order valence-electron chi connectivity index (χ2n) is 7.91. The van der Waals surface area contributed by atoms with Crippen LogP contribution in [0, 0.1) is 5.41 Å². The maximum Gasteiger partial charge on any atom is 0.0780 e. The standard InChI is InChI=1S/C21H21N/c1-20(2)16-10-11-21(20,3)17-9-8-15-14(18(16)17)7-6-13-5-4-12-22-19(13)15/h4-9,12,16H,10-11H2,1-3H3/t16-,21+/m0/s1. The van der Waals surface area contributed by atoms with E-state index in [-0.39, 0.29) is 0 Å². The summed E-state index contributed by atoms with van der Waals surface area (Å²) in [6.45, 7) is 7.41. The Bertz CT molecular complexity index is 937. The van der Waals surface area contributed by atoms with Gasteiger partial charge in [0.25, 0.3) is 0 Å². The molecule has 2 aliphatic rings. The topological polar surface area (TPSA) is 12.9 Å². The van der Waals surface area contributed by atoms with E-state index in [1.54, 1.807) is 11.1 Å². The molecule has 0 spiro atoms. The lowest BCUT2D eigenvalue weighted by atomic mass is 9.69. The minimum atomic E-state index is 0.334. The summed E-state index contributed by atoms with van der Waals surface area (Å²) < 4.78 is 0. The predicted molar refractivity (Wildman–Crippen MR) is 92.4 cm³/mol. The van der Waals surface area contributed by atoms with Gasteiger partial charge in [0.05, 0.1) is 5.52 Å². The molecule has 0 N–H and O–H groups in total. The molecule has 1 aromatic heterocycles. The molecule has 2 bridgehead atoms. The SMILES string of the molecule is CC1(C)[C@H]2CC[C@]1(C)c1ccc3c(ccc4cccnc43)c12. The van der Waals surface area contributed by atoms with Gasteiger partial charge in [0.1, 0.15) is 0 Å². The third kappa shape index (κ3) is 1.21. The zero-order chi connectivity index (χ0) is 15.1. The lowest BCUT2D eigenvalue weighted by Gasteiger charge is -2.35. The molecule has 0 aliphatic heterocycles. The first-order chi connectivity index (χ1) is 10.5. The second-order valence-corrected chi connectivity index (χ2v) is 7.91. The van der Waals surface area contributed by atoms with Crippen LogP contribution in [0.5, 0.6) is 0 Å². The third-order valence-electron chi connectivity index (χ3n) is 6.98. The van der Waals surface area contributed by atoms with E-state index in [4.69, 9.17) is 0 Å². The third-order valence-corrected chi connectivity index (χ3v) is 6.98. The Labute approximate surface area is 131 Å². The fraction of sp³-hybridized carbons (Fsp3) is 0.381. The molecule has 2 aromatic carbocycles. The van der Waals surface area contributed by atoms with Crippen molar-refractivity contribution in [2.75, 3.05) is 0 Å². The van der Waals surface area contributed by atoms with Crippen molar-refractivity contribution in [3.8, 4) is 0 Å². The predicted octanol–water partition coefficient (Wildman–Crippen LogP) is 5.56. The molecule has 1 fully saturated rings. The van der Waals surface area contributed by atoms with Crippen molar-refractivity contribution in [2.45, 2.75) is 44.9 Å². The Morgan fingerprint density at radius 3 is 2.68 bits per heavy atom. The van der Waals surface area contributed by atoms with Crippen LogP contribution in [0.3, 0.4) is 0 Å². The van der Waals surface area contributed by atoms with E-state index in [9.17, 15) is 0 Å². The molecule has 0 amide bonds. The number of aromatic nitrogens is 1. The highest BCUT2D eigenvalue weighted by Gasteiger charge is 2.59. The number of hydrogen-bond donors (Lipinski definition) is 0. The highest BCUT2D eigenvalue weighted by atomic mass is 14.7. The van der Waals surface area contributed by atoms with Crippen LogP contribution in [-0.2, 0) is 5.41 Å². The largest absolute Gasteiger partial charge is 0.256 e. The fourth-order valence-corrected chi connectivity index (χ4v) is 5.32. The van der Waals surface area contributed by atoms with Crippen LogP contribution in [0.2, 0.25) is 0 Å². The van der Waals surface area contributed by atoms with Crippen LogP contribution in [0.4, 0.5) is 0 Å². The van der Waals surface area contributed by atoms with E-state index >= 15 is 0 Å². The van der Waals surface area contributed by atoms with Gasteiger partial charge in [-0.1, -0.05) is 51.1 Å². The van der Waals surface area contributed by atoms with Gasteiger partial charge in [-0.3, -0.25) is 4.98 Å². The number of fused-ring (bicyclic) bond motifs is 9. The fourth-order valence-electron chi connectivity index (χ4n) is 5.32. The molecular weight excluding hydrogens is 266 g/mol. The van der Waals surface area contributed by atoms with Gasteiger partial charge < -0.3 is 0 Å². The average Bonchev–Trinajstić information content (AvgIpc) is 2.86. The molecule has 0 saturated heterocycles. The van der Waals surface area contributed by atoms with Crippen molar-refractivity contribution < 1.29 is 0 Å². The Balaban J connectivity index is 1.94. The molecule has 1 saturated carbocycles. The number of rotatable bonds is 0. The van der Waals surface area contributed by atoms with Gasteiger partial charge in [-0.25, -0.2) is 0 Å².